The van der Waals surface area contributed by atoms with E-state index in [-0.39, 0.29) is 23.5 Å². The van der Waals surface area contributed by atoms with Crippen LogP contribution in [0.2, 0.25) is 0 Å². The third-order valence-corrected chi connectivity index (χ3v) is 6.87. The fourth-order valence-electron chi connectivity index (χ4n) is 5.39. The summed E-state index contributed by atoms with van der Waals surface area (Å²) in [6.45, 7) is 6.25. The second-order valence-corrected chi connectivity index (χ2v) is 9.69. The van der Waals surface area contributed by atoms with Crippen LogP contribution in [0.5, 0.6) is 17.2 Å². The van der Waals surface area contributed by atoms with E-state index in [0.29, 0.717) is 35.7 Å². The van der Waals surface area contributed by atoms with Gasteiger partial charge in [-0.25, -0.2) is 0 Å². The number of aryl methyl sites for hydroxylation is 1. The van der Waals surface area contributed by atoms with Gasteiger partial charge in [-0.1, -0.05) is 45.0 Å². The van der Waals surface area contributed by atoms with Crippen LogP contribution in [0.3, 0.4) is 0 Å². The maximum atomic E-state index is 13.8. The number of amides is 1. The molecule has 2 aliphatic rings. The number of Topliss-reactive ketones (excluding diaryl/α,β-unsaturated/α-hetero) is 1. The third-order valence-electron chi connectivity index (χ3n) is 6.87. The Morgan fingerprint density at radius 1 is 0.941 bits per heavy atom. The van der Waals surface area contributed by atoms with Crippen molar-refractivity contribution >= 4 is 17.4 Å². The van der Waals surface area contributed by atoms with Crippen molar-refractivity contribution in [1.29, 1.82) is 0 Å². The van der Waals surface area contributed by atoms with E-state index in [1.54, 1.807) is 32.3 Å². The summed E-state index contributed by atoms with van der Waals surface area (Å²) in [5, 5.41) is 0. The normalized spacial score (nSPS) is 19.7. The topological polar surface area (TPSA) is 65.1 Å². The summed E-state index contributed by atoms with van der Waals surface area (Å²) in [5.74, 6) is 1.14. The third kappa shape index (κ3) is 3.95. The Hall–Kier alpha value is -3.28. The highest BCUT2D eigenvalue weighted by atomic mass is 16.5. The second kappa shape index (κ2) is 9.16. The highest BCUT2D eigenvalue weighted by molar-refractivity contribution is 6.08. The van der Waals surface area contributed by atoms with E-state index < -0.39 is 5.92 Å². The highest BCUT2D eigenvalue weighted by Gasteiger charge is 2.45. The first-order valence-electron chi connectivity index (χ1n) is 11.7. The van der Waals surface area contributed by atoms with Gasteiger partial charge in [-0.2, -0.15) is 0 Å². The van der Waals surface area contributed by atoms with Crippen molar-refractivity contribution in [2.75, 3.05) is 26.2 Å². The molecule has 1 unspecified atom stereocenters. The van der Waals surface area contributed by atoms with Gasteiger partial charge in [0, 0.05) is 35.6 Å². The van der Waals surface area contributed by atoms with Crippen molar-refractivity contribution < 1.29 is 23.8 Å². The van der Waals surface area contributed by atoms with E-state index in [2.05, 4.69) is 20.8 Å². The summed E-state index contributed by atoms with van der Waals surface area (Å²) in [7, 11) is 4.69. The predicted octanol–water partition coefficient (Wildman–Crippen LogP) is 5.44. The summed E-state index contributed by atoms with van der Waals surface area (Å²) >= 11 is 0. The number of allylic oxidation sites excluding steroid dienone is 2. The zero-order chi connectivity index (χ0) is 24.6. The molecule has 2 aromatic rings. The number of hydrogen-bond acceptors (Lipinski definition) is 5. The average molecular weight is 464 g/mol. The number of benzene rings is 2. The Balaban J connectivity index is 1.96. The molecule has 0 spiro atoms. The first kappa shape index (κ1) is 23.9. The van der Waals surface area contributed by atoms with Gasteiger partial charge in [0.2, 0.25) is 11.7 Å². The molecule has 2 aromatic carbocycles. The smallest absolute Gasteiger partial charge is 0.232 e. The van der Waals surface area contributed by atoms with Crippen LogP contribution in [-0.4, -0.2) is 33.0 Å². The van der Waals surface area contributed by atoms with Crippen LogP contribution in [0.1, 0.15) is 57.1 Å². The van der Waals surface area contributed by atoms with Crippen molar-refractivity contribution in [3.8, 4) is 17.2 Å². The van der Waals surface area contributed by atoms with Gasteiger partial charge in [0.25, 0.3) is 0 Å². The first-order valence-corrected chi connectivity index (χ1v) is 11.7. The maximum Gasteiger partial charge on any atom is 0.232 e. The van der Waals surface area contributed by atoms with Crippen LogP contribution in [0.15, 0.2) is 47.7 Å². The Morgan fingerprint density at radius 3 is 2.29 bits per heavy atom. The lowest BCUT2D eigenvalue weighted by atomic mass is 9.69. The SMILES string of the molecule is CCc1ccccc1N1C(=O)CC(c2ccc(OC)c(OC)c2OC)C2=C1CC(C)(C)CC2=O. The molecule has 1 heterocycles. The van der Waals surface area contributed by atoms with Crippen molar-refractivity contribution in [1.82, 2.24) is 0 Å². The lowest BCUT2D eigenvalue weighted by Gasteiger charge is -2.43. The molecule has 0 saturated heterocycles. The Bertz CT molecular complexity index is 1160. The fraction of sp³-hybridized carbons (Fsp3) is 0.429. The van der Waals surface area contributed by atoms with E-state index in [9.17, 15) is 9.59 Å². The summed E-state index contributed by atoms with van der Waals surface area (Å²) in [5.41, 5.74) is 3.98. The predicted molar refractivity (Wildman–Crippen MR) is 132 cm³/mol. The monoisotopic (exact) mass is 463 g/mol. The molecule has 6 nitrogen and oxygen atoms in total. The number of carbonyl (C=O) groups is 2. The minimum Gasteiger partial charge on any atom is -0.493 e. The molecular formula is C28H33NO5. The van der Waals surface area contributed by atoms with Gasteiger partial charge < -0.3 is 14.2 Å². The zero-order valence-corrected chi connectivity index (χ0v) is 20.9. The Kier molecular flexibility index (Phi) is 6.43. The van der Waals surface area contributed by atoms with Crippen molar-refractivity contribution in [3.63, 3.8) is 0 Å². The molecule has 0 bridgehead atoms. The number of ketones is 1. The number of anilines is 1. The average Bonchev–Trinajstić information content (AvgIpc) is 2.81. The van der Waals surface area contributed by atoms with Gasteiger partial charge >= 0.3 is 0 Å². The number of carbonyl (C=O) groups excluding carboxylic acids is 2. The number of methoxy groups -OCH3 is 3. The molecule has 180 valence electrons. The molecule has 0 radical (unpaired) electrons. The van der Waals surface area contributed by atoms with E-state index in [1.165, 1.54) is 0 Å². The molecular weight excluding hydrogens is 430 g/mol. The van der Waals surface area contributed by atoms with Crippen LogP contribution in [0.25, 0.3) is 0 Å². The van der Waals surface area contributed by atoms with Gasteiger partial charge in [-0.15, -0.1) is 0 Å². The highest BCUT2D eigenvalue weighted by Crippen LogP contribution is 2.52. The lowest BCUT2D eigenvalue weighted by molar-refractivity contribution is -0.121. The number of para-hydroxylation sites is 1. The molecule has 6 heteroatoms. The van der Waals surface area contributed by atoms with E-state index in [0.717, 1.165) is 28.9 Å². The summed E-state index contributed by atoms with van der Waals surface area (Å²) < 4.78 is 16.8. The molecule has 34 heavy (non-hydrogen) atoms. The van der Waals surface area contributed by atoms with Crippen molar-refractivity contribution in [2.45, 2.75) is 52.4 Å². The van der Waals surface area contributed by atoms with Crippen LogP contribution in [-0.2, 0) is 16.0 Å². The van der Waals surface area contributed by atoms with Crippen LogP contribution >= 0.6 is 0 Å². The molecule has 1 aliphatic heterocycles. The quantitative estimate of drug-likeness (QED) is 0.571. The summed E-state index contributed by atoms with van der Waals surface area (Å²) in [6, 6.07) is 11.6. The van der Waals surface area contributed by atoms with E-state index >= 15 is 0 Å². The summed E-state index contributed by atoms with van der Waals surface area (Å²) in [4.78, 5) is 29.2. The maximum absolute atomic E-state index is 13.8. The number of rotatable bonds is 6. The van der Waals surface area contributed by atoms with E-state index in [4.69, 9.17) is 14.2 Å². The number of nitrogens with zero attached hydrogens (tertiary/aromatic N) is 1. The Labute approximate surface area is 201 Å². The minimum atomic E-state index is -0.411. The van der Waals surface area contributed by atoms with Gasteiger partial charge in [0.1, 0.15) is 0 Å². The van der Waals surface area contributed by atoms with E-state index in [1.807, 2.05) is 30.3 Å². The molecule has 4 rings (SSSR count). The van der Waals surface area contributed by atoms with Gasteiger partial charge in [-0.3, -0.25) is 14.5 Å². The van der Waals surface area contributed by atoms with Crippen molar-refractivity contribution in [3.05, 3.63) is 58.8 Å². The molecule has 0 saturated carbocycles. The van der Waals surface area contributed by atoms with Gasteiger partial charge in [0.05, 0.1) is 27.0 Å². The summed E-state index contributed by atoms with van der Waals surface area (Å²) in [6.07, 6.45) is 2.06. The molecule has 0 fully saturated rings. The van der Waals surface area contributed by atoms with Crippen LogP contribution in [0.4, 0.5) is 5.69 Å². The first-order chi connectivity index (χ1) is 16.3. The number of hydrogen-bond donors (Lipinski definition) is 0. The number of ether oxygens (including phenoxy) is 3. The lowest BCUT2D eigenvalue weighted by Crippen LogP contribution is -2.44. The Morgan fingerprint density at radius 2 is 1.65 bits per heavy atom. The molecule has 1 amide bonds. The largest absolute Gasteiger partial charge is 0.493 e. The van der Waals surface area contributed by atoms with Crippen LogP contribution < -0.4 is 19.1 Å². The fourth-order valence-corrected chi connectivity index (χ4v) is 5.39. The molecule has 1 aliphatic carbocycles. The van der Waals surface area contributed by atoms with Crippen LogP contribution in [0, 0.1) is 5.41 Å². The molecule has 1 atom stereocenters. The van der Waals surface area contributed by atoms with Gasteiger partial charge in [-0.05, 0) is 36.0 Å². The van der Waals surface area contributed by atoms with Crippen molar-refractivity contribution in [2.24, 2.45) is 5.41 Å². The molecule has 0 N–H and O–H groups in total. The standard InChI is InChI=1S/C28H33NO5/c1-7-17-10-8-9-11-20(17)29-21-15-28(2,3)16-22(30)25(21)19(14-24(29)31)18-12-13-23(32-4)27(34-6)26(18)33-5/h8-13,19H,7,14-16H2,1-6H3. The minimum absolute atomic E-state index is 0.0213. The van der Waals surface area contributed by atoms with Gasteiger partial charge in [0.15, 0.2) is 17.3 Å². The zero-order valence-electron chi connectivity index (χ0n) is 20.9. The second-order valence-electron chi connectivity index (χ2n) is 9.69. The molecule has 0 aromatic heterocycles.